The number of thiazole rings is 1. The fraction of sp³-hybridized carbons (Fsp3) is 0.381. The number of H-pyrrole nitrogens is 1. The first kappa shape index (κ1) is 27.6. The Morgan fingerprint density at radius 2 is 2.10 bits per heavy atom. The zero-order chi connectivity index (χ0) is 28.6. The smallest absolute Gasteiger partial charge is 0.352 e. The highest BCUT2D eigenvalue weighted by Crippen LogP contribution is 2.41. The number of aromatic amines is 1. The summed E-state index contributed by atoms with van der Waals surface area (Å²) in [4.78, 5) is 86.5. The Hall–Kier alpha value is -3.97. The molecule has 1 saturated carbocycles. The summed E-state index contributed by atoms with van der Waals surface area (Å²) in [5.41, 5.74) is -1.69. The molecule has 1 aliphatic carbocycles. The van der Waals surface area contributed by atoms with Gasteiger partial charge in [-0.25, -0.2) is 9.78 Å². The van der Waals surface area contributed by atoms with Crippen LogP contribution in [0.3, 0.4) is 0 Å². The number of fused-ring (bicyclic) bond motifs is 1. The highest BCUT2D eigenvalue weighted by Gasteiger charge is 2.54. The molecule has 2 aromatic heterocycles. The monoisotopic (exact) mass is 608 g/mol. The molecule has 1 saturated heterocycles. The van der Waals surface area contributed by atoms with Crippen LogP contribution in [0.5, 0.6) is 0 Å². The number of carboxylic acids is 1. The SMILES string of the molecule is Cn1[nH]c(=O)c(=O)nc1SCC1=C(C(=O)O)N2C(=O)[C@@H](NC(=O)C(=NOC3CC3)c3csc(NC=O)n3)[C@H]2SC1. The molecule has 0 aromatic carbocycles. The van der Waals surface area contributed by atoms with Crippen molar-refractivity contribution in [3.63, 3.8) is 0 Å². The lowest BCUT2D eigenvalue weighted by Crippen LogP contribution is -2.71. The maximum atomic E-state index is 13.2. The highest BCUT2D eigenvalue weighted by atomic mass is 32.2. The first-order chi connectivity index (χ1) is 19.2. The standard InChI is InChI=1S/C21H20N8O8S3/c1-28-21(25-15(32)16(33)26-28)40-5-8-4-38-18-12(17(34)29(18)13(8)19(35)36)24-14(31)11(27-37-9-2-3-9)10-6-39-20(23-10)22-7-30/h6-7,9,12,18H,2-5H2,1H3,(H,24,31)(H,26,33)(H,35,36)(H,22,23,30)/t12-,18-/m1/s1. The van der Waals surface area contributed by atoms with Gasteiger partial charge in [-0.05, 0) is 18.4 Å². The lowest BCUT2D eigenvalue weighted by atomic mass is 10.0. The third-order valence-electron chi connectivity index (χ3n) is 5.82. The van der Waals surface area contributed by atoms with E-state index in [9.17, 15) is 33.9 Å². The molecule has 2 aromatic rings. The van der Waals surface area contributed by atoms with E-state index in [1.165, 1.54) is 28.9 Å². The predicted octanol–water partition coefficient (Wildman–Crippen LogP) is -1.09. The molecular weight excluding hydrogens is 588 g/mol. The van der Waals surface area contributed by atoms with Gasteiger partial charge in [0.1, 0.15) is 28.9 Å². The number of carbonyl (C=O) groups excluding carboxylic acids is 3. The first-order valence-electron chi connectivity index (χ1n) is 11.6. The summed E-state index contributed by atoms with van der Waals surface area (Å²) in [6.07, 6.45) is 1.92. The lowest BCUT2D eigenvalue weighted by Gasteiger charge is -2.49. The van der Waals surface area contributed by atoms with Crippen LogP contribution in [0, 0.1) is 0 Å². The quantitative estimate of drug-likeness (QED) is 0.0597. The van der Waals surface area contributed by atoms with E-state index in [-0.39, 0.29) is 45.0 Å². The molecule has 0 radical (unpaired) electrons. The van der Waals surface area contributed by atoms with Crippen LogP contribution in [0.25, 0.3) is 0 Å². The minimum atomic E-state index is -1.32. The van der Waals surface area contributed by atoms with Crippen molar-refractivity contribution >= 4 is 69.9 Å². The van der Waals surface area contributed by atoms with Gasteiger partial charge in [0, 0.05) is 23.9 Å². The lowest BCUT2D eigenvalue weighted by molar-refractivity contribution is -0.150. The van der Waals surface area contributed by atoms with Crippen LogP contribution in [-0.2, 0) is 31.1 Å². The van der Waals surface area contributed by atoms with Crippen molar-refractivity contribution in [2.75, 3.05) is 16.8 Å². The second-order valence-electron chi connectivity index (χ2n) is 8.65. The van der Waals surface area contributed by atoms with E-state index < -0.39 is 40.3 Å². The number of hydrogen-bond donors (Lipinski definition) is 4. The molecule has 3 aliphatic rings. The zero-order valence-electron chi connectivity index (χ0n) is 20.5. The molecule has 16 nitrogen and oxygen atoms in total. The topological polar surface area (TPSA) is 218 Å². The van der Waals surface area contributed by atoms with Crippen molar-refractivity contribution in [3.05, 3.63) is 43.1 Å². The van der Waals surface area contributed by atoms with Crippen LogP contribution in [0.4, 0.5) is 5.13 Å². The molecule has 0 bridgehead atoms. The summed E-state index contributed by atoms with van der Waals surface area (Å²) >= 11 is 3.37. The Morgan fingerprint density at radius 1 is 1.32 bits per heavy atom. The van der Waals surface area contributed by atoms with Gasteiger partial charge in [0.05, 0.1) is 0 Å². The van der Waals surface area contributed by atoms with Crippen molar-refractivity contribution in [2.45, 2.75) is 35.5 Å². The van der Waals surface area contributed by atoms with Gasteiger partial charge in [-0.2, -0.15) is 4.98 Å². The number of β-lactam (4-membered cyclic amide) rings is 1. The van der Waals surface area contributed by atoms with E-state index in [4.69, 9.17) is 4.84 Å². The number of carbonyl (C=O) groups is 4. The number of amides is 3. The molecule has 4 heterocycles. The number of thioether (sulfide) groups is 2. The number of rotatable bonds is 11. The number of oxime groups is 1. The van der Waals surface area contributed by atoms with Crippen LogP contribution >= 0.6 is 34.9 Å². The summed E-state index contributed by atoms with van der Waals surface area (Å²) in [6, 6.07) is -1.03. The fourth-order valence-electron chi connectivity index (χ4n) is 3.75. The van der Waals surface area contributed by atoms with Crippen LogP contribution in [0.1, 0.15) is 18.5 Å². The number of aryl methyl sites for hydroxylation is 1. The molecule has 3 amide bonds. The Morgan fingerprint density at radius 3 is 2.80 bits per heavy atom. The number of aliphatic carboxylic acids is 1. The summed E-state index contributed by atoms with van der Waals surface area (Å²) in [5, 5.41) is 22.4. The van der Waals surface area contributed by atoms with Crippen molar-refractivity contribution in [3.8, 4) is 0 Å². The number of nitrogens with one attached hydrogen (secondary N) is 3. The van der Waals surface area contributed by atoms with Crippen molar-refractivity contribution in [1.29, 1.82) is 0 Å². The van der Waals surface area contributed by atoms with E-state index in [0.29, 0.717) is 12.0 Å². The Labute approximate surface area is 236 Å². The van der Waals surface area contributed by atoms with Gasteiger partial charge in [0.2, 0.25) is 6.41 Å². The van der Waals surface area contributed by atoms with E-state index in [2.05, 4.69) is 30.9 Å². The fourth-order valence-corrected chi connectivity index (χ4v) is 6.81. The maximum Gasteiger partial charge on any atom is 0.352 e. The number of carboxylic acid groups (broad SMARTS) is 1. The summed E-state index contributed by atoms with van der Waals surface area (Å²) in [5.74, 6) is -2.37. The average Bonchev–Trinajstić information content (AvgIpc) is 3.64. The molecule has 4 N–H and O–H groups in total. The molecule has 0 spiro atoms. The molecule has 2 atom stereocenters. The third-order valence-corrected chi connectivity index (χ3v) is 9.05. The van der Waals surface area contributed by atoms with Crippen LogP contribution in [0.2, 0.25) is 0 Å². The van der Waals surface area contributed by atoms with Crippen molar-refractivity contribution in [1.82, 2.24) is 30.0 Å². The van der Waals surface area contributed by atoms with Crippen molar-refractivity contribution in [2.24, 2.45) is 12.2 Å². The molecule has 0 unspecified atom stereocenters. The summed E-state index contributed by atoms with van der Waals surface area (Å²) < 4.78 is 1.25. The van der Waals surface area contributed by atoms with Gasteiger partial charge >= 0.3 is 17.1 Å². The molecular formula is C21H20N8O8S3. The molecule has 5 rings (SSSR count). The van der Waals surface area contributed by atoms with Crippen LogP contribution < -0.4 is 21.8 Å². The van der Waals surface area contributed by atoms with Gasteiger partial charge in [0.25, 0.3) is 11.8 Å². The van der Waals surface area contributed by atoms with E-state index in [0.717, 1.165) is 40.8 Å². The summed E-state index contributed by atoms with van der Waals surface area (Å²) in [7, 11) is 1.49. The first-order valence-corrected chi connectivity index (χ1v) is 14.5. The largest absolute Gasteiger partial charge is 0.477 e. The van der Waals surface area contributed by atoms with Crippen LogP contribution in [0.15, 0.2) is 36.6 Å². The Bertz CT molecular complexity index is 1580. The zero-order valence-corrected chi connectivity index (χ0v) is 22.9. The maximum absolute atomic E-state index is 13.2. The molecule has 2 aliphatic heterocycles. The molecule has 210 valence electrons. The second kappa shape index (κ2) is 11.3. The molecule has 2 fully saturated rings. The Kier molecular flexibility index (Phi) is 7.76. The number of anilines is 1. The van der Waals surface area contributed by atoms with Crippen LogP contribution in [-0.4, -0.2) is 88.7 Å². The van der Waals surface area contributed by atoms with Gasteiger partial charge in [-0.15, -0.1) is 23.1 Å². The van der Waals surface area contributed by atoms with E-state index in [1.54, 1.807) is 0 Å². The normalized spacial score (nSPS) is 20.5. The minimum absolute atomic E-state index is 0.0881. The minimum Gasteiger partial charge on any atom is -0.477 e. The number of hydrogen-bond acceptors (Lipinski definition) is 13. The number of aromatic nitrogens is 4. The van der Waals surface area contributed by atoms with E-state index in [1.807, 2.05) is 0 Å². The summed E-state index contributed by atoms with van der Waals surface area (Å²) in [6.45, 7) is 0. The molecule has 40 heavy (non-hydrogen) atoms. The van der Waals surface area contributed by atoms with Crippen molar-refractivity contribution < 1.29 is 29.1 Å². The average molecular weight is 609 g/mol. The van der Waals surface area contributed by atoms with Gasteiger partial charge < -0.3 is 20.6 Å². The van der Waals surface area contributed by atoms with E-state index >= 15 is 0 Å². The van der Waals surface area contributed by atoms with Gasteiger partial charge in [-0.3, -0.25) is 38.7 Å². The predicted molar refractivity (Wildman–Crippen MR) is 143 cm³/mol. The Balaban J connectivity index is 1.31. The second-order valence-corrected chi connectivity index (χ2v) is 11.6. The number of nitrogens with zero attached hydrogens (tertiary/aromatic N) is 5. The van der Waals surface area contributed by atoms with Gasteiger partial charge in [0.15, 0.2) is 16.0 Å². The highest BCUT2D eigenvalue weighted by molar-refractivity contribution is 8.01. The molecule has 19 heteroatoms. The van der Waals surface area contributed by atoms with Gasteiger partial charge in [-0.1, -0.05) is 16.9 Å². The third kappa shape index (κ3) is 5.52.